The van der Waals surface area contributed by atoms with Gasteiger partial charge in [0.1, 0.15) is 22.4 Å². The highest BCUT2D eigenvalue weighted by Gasteiger charge is 2.04. The van der Waals surface area contributed by atoms with E-state index in [-0.39, 0.29) is 11.0 Å². The Bertz CT molecular complexity index is 597. The number of fused-ring (bicyclic) bond motifs is 1. The number of aromatic amines is 1. The molecule has 0 unspecified atom stereocenters. The normalized spacial score (nSPS) is 10.0. The molecule has 0 aliphatic heterocycles. The Labute approximate surface area is 83.8 Å². The van der Waals surface area contributed by atoms with E-state index in [1.165, 1.54) is 12.3 Å². The van der Waals surface area contributed by atoms with Gasteiger partial charge >= 0.3 is 0 Å². The lowest BCUT2D eigenvalue weighted by atomic mass is 10.2. The Morgan fingerprint density at radius 1 is 1.50 bits per heavy atom. The molecule has 0 amide bonds. The van der Waals surface area contributed by atoms with Gasteiger partial charge < -0.3 is 4.98 Å². The molecular formula is C9H4ClN3O. The first-order valence-corrected chi connectivity index (χ1v) is 4.18. The minimum absolute atomic E-state index is 0.0709. The number of rotatable bonds is 0. The molecule has 0 aliphatic carbocycles. The number of aromatic nitrogens is 2. The monoisotopic (exact) mass is 205 g/mol. The van der Waals surface area contributed by atoms with Gasteiger partial charge in [0.05, 0.1) is 5.39 Å². The summed E-state index contributed by atoms with van der Waals surface area (Å²) in [5.74, 6) is 0. The molecule has 0 radical (unpaired) electrons. The van der Waals surface area contributed by atoms with Crippen molar-refractivity contribution in [2.24, 2.45) is 0 Å². The van der Waals surface area contributed by atoms with Gasteiger partial charge in [-0.05, 0) is 12.1 Å². The third kappa shape index (κ3) is 1.24. The molecule has 0 bridgehead atoms. The molecule has 0 aromatic carbocycles. The molecule has 2 rings (SSSR count). The van der Waals surface area contributed by atoms with E-state index in [1.807, 2.05) is 0 Å². The predicted molar refractivity (Wildman–Crippen MR) is 52.1 cm³/mol. The summed E-state index contributed by atoms with van der Waals surface area (Å²) in [4.78, 5) is 18.2. The molecule has 0 spiro atoms. The summed E-state index contributed by atoms with van der Waals surface area (Å²) in [6.45, 7) is 0. The van der Waals surface area contributed by atoms with Gasteiger partial charge in [-0.15, -0.1) is 0 Å². The highest BCUT2D eigenvalue weighted by molar-refractivity contribution is 6.29. The van der Waals surface area contributed by atoms with Crippen LogP contribution in [0.2, 0.25) is 5.15 Å². The molecule has 0 atom stereocenters. The first-order chi connectivity index (χ1) is 6.72. The maximum absolute atomic E-state index is 11.5. The third-order valence-corrected chi connectivity index (χ3v) is 2.03. The Morgan fingerprint density at radius 3 is 3.00 bits per heavy atom. The van der Waals surface area contributed by atoms with Gasteiger partial charge in [-0.1, -0.05) is 11.6 Å². The minimum Gasteiger partial charge on any atom is -0.345 e. The number of hydrogen-bond donors (Lipinski definition) is 1. The quantitative estimate of drug-likeness (QED) is 0.662. The van der Waals surface area contributed by atoms with E-state index in [0.717, 1.165) is 0 Å². The van der Waals surface area contributed by atoms with Gasteiger partial charge in [-0.3, -0.25) is 4.79 Å². The lowest BCUT2D eigenvalue weighted by Gasteiger charge is -1.96. The summed E-state index contributed by atoms with van der Waals surface area (Å²) in [5.41, 5.74) is 0.133. The van der Waals surface area contributed by atoms with Gasteiger partial charge in [0.2, 0.25) is 5.43 Å². The van der Waals surface area contributed by atoms with Crippen LogP contribution >= 0.6 is 11.6 Å². The fourth-order valence-corrected chi connectivity index (χ4v) is 1.31. The van der Waals surface area contributed by atoms with Crippen LogP contribution in [-0.4, -0.2) is 9.97 Å². The smallest absolute Gasteiger partial charge is 0.208 e. The van der Waals surface area contributed by atoms with Crippen LogP contribution in [0.3, 0.4) is 0 Å². The van der Waals surface area contributed by atoms with Crippen molar-refractivity contribution in [3.63, 3.8) is 0 Å². The summed E-state index contributed by atoms with van der Waals surface area (Å²) in [7, 11) is 0. The summed E-state index contributed by atoms with van der Waals surface area (Å²) in [5, 5.41) is 9.29. The zero-order valence-electron chi connectivity index (χ0n) is 6.91. The van der Waals surface area contributed by atoms with Crippen LogP contribution in [-0.2, 0) is 0 Å². The van der Waals surface area contributed by atoms with Crippen molar-refractivity contribution >= 4 is 22.6 Å². The molecule has 14 heavy (non-hydrogen) atoms. The Balaban J connectivity index is 2.93. The fraction of sp³-hybridized carbons (Fsp3) is 0. The molecular weight excluding hydrogens is 202 g/mol. The fourth-order valence-electron chi connectivity index (χ4n) is 1.16. The van der Waals surface area contributed by atoms with Crippen LogP contribution in [0.4, 0.5) is 0 Å². The molecule has 0 aliphatic rings. The minimum atomic E-state index is -0.328. The Morgan fingerprint density at radius 2 is 2.29 bits per heavy atom. The van der Waals surface area contributed by atoms with Crippen LogP contribution in [0, 0.1) is 11.3 Å². The summed E-state index contributed by atoms with van der Waals surface area (Å²) in [6, 6.07) is 4.86. The van der Waals surface area contributed by atoms with E-state index < -0.39 is 0 Å². The second-order valence-corrected chi connectivity index (χ2v) is 3.06. The summed E-state index contributed by atoms with van der Waals surface area (Å²) >= 11 is 5.65. The molecule has 4 nitrogen and oxygen atoms in total. The zero-order chi connectivity index (χ0) is 10.1. The van der Waals surface area contributed by atoms with E-state index in [4.69, 9.17) is 16.9 Å². The average molecular weight is 206 g/mol. The van der Waals surface area contributed by atoms with Crippen molar-refractivity contribution in [1.82, 2.24) is 9.97 Å². The highest BCUT2D eigenvalue weighted by Crippen LogP contribution is 2.09. The van der Waals surface area contributed by atoms with Crippen molar-refractivity contribution in [3.8, 4) is 6.07 Å². The van der Waals surface area contributed by atoms with Gasteiger partial charge in [-0.25, -0.2) is 4.98 Å². The second-order valence-electron chi connectivity index (χ2n) is 2.67. The Hall–Kier alpha value is -1.86. The van der Waals surface area contributed by atoms with E-state index in [9.17, 15) is 4.79 Å². The van der Waals surface area contributed by atoms with E-state index in [1.54, 1.807) is 12.1 Å². The third-order valence-electron chi connectivity index (χ3n) is 1.82. The van der Waals surface area contributed by atoms with E-state index in [2.05, 4.69) is 9.97 Å². The summed E-state index contributed by atoms with van der Waals surface area (Å²) < 4.78 is 0. The maximum atomic E-state index is 11.5. The number of H-pyrrole nitrogens is 1. The number of nitrogens with zero attached hydrogens (tertiary/aromatic N) is 2. The van der Waals surface area contributed by atoms with Crippen LogP contribution in [0.15, 0.2) is 23.1 Å². The van der Waals surface area contributed by atoms with E-state index >= 15 is 0 Å². The van der Waals surface area contributed by atoms with Crippen molar-refractivity contribution < 1.29 is 0 Å². The van der Waals surface area contributed by atoms with Crippen LogP contribution in [0.5, 0.6) is 0 Å². The largest absolute Gasteiger partial charge is 0.345 e. The molecule has 0 saturated heterocycles. The maximum Gasteiger partial charge on any atom is 0.208 e. The van der Waals surface area contributed by atoms with Crippen molar-refractivity contribution in [2.45, 2.75) is 0 Å². The number of pyridine rings is 2. The van der Waals surface area contributed by atoms with Crippen molar-refractivity contribution in [1.29, 1.82) is 5.26 Å². The summed E-state index contributed by atoms with van der Waals surface area (Å²) in [6.07, 6.45) is 1.33. The molecule has 68 valence electrons. The molecule has 0 saturated carbocycles. The molecule has 2 aromatic rings. The van der Waals surface area contributed by atoms with Gasteiger partial charge in [0, 0.05) is 6.20 Å². The second kappa shape index (κ2) is 3.13. The topological polar surface area (TPSA) is 69.5 Å². The molecule has 2 aromatic heterocycles. The molecule has 0 fully saturated rings. The molecule has 5 heteroatoms. The average Bonchev–Trinajstić information content (AvgIpc) is 2.18. The predicted octanol–water partition coefficient (Wildman–Crippen LogP) is 1.45. The first kappa shape index (κ1) is 8.73. The van der Waals surface area contributed by atoms with Gasteiger partial charge in [-0.2, -0.15) is 5.26 Å². The number of hydrogen-bond acceptors (Lipinski definition) is 3. The van der Waals surface area contributed by atoms with Gasteiger partial charge in [0.25, 0.3) is 0 Å². The lowest BCUT2D eigenvalue weighted by Crippen LogP contribution is -2.07. The molecule has 2 heterocycles. The van der Waals surface area contributed by atoms with E-state index in [0.29, 0.717) is 16.2 Å². The van der Waals surface area contributed by atoms with Crippen molar-refractivity contribution in [2.75, 3.05) is 0 Å². The Kier molecular flexibility index (Phi) is 1.95. The highest BCUT2D eigenvalue weighted by atomic mass is 35.5. The first-order valence-electron chi connectivity index (χ1n) is 3.80. The number of halogens is 1. The molecule has 1 N–H and O–H groups in total. The van der Waals surface area contributed by atoms with Crippen molar-refractivity contribution in [3.05, 3.63) is 39.3 Å². The van der Waals surface area contributed by atoms with Crippen LogP contribution in [0.25, 0.3) is 11.0 Å². The number of nitriles is 1. The van der Waals surface area contributed by atoms with Crippen LogP contribution < -0.4 is 5.43 Å². The lowest BCUT2D eigenvalue weighted by molar-refractivity contribution is 1.26. The van der Waals surface area contributed by atoms with Gasteiger partial charge in [0.15, 0.2) is 0 Å². The van der Waals surface area contributed by atoms with Crippen LogP contribution in [0.1, 0.15) is 5.56 Å². The zero-order valence-corrected chi connectivity index (χ0v) is 7.67. The number of nitrogens with one attached hydrogen (secondary N) is 1. The SMILES string of the molecule is N#Cc1c[nH]c2nc(Cl)ccc2c1=O. The standard InChI is InChI=1S/C9H4ClN3O/c10-7-2-1-6-8(14)5(3-11)4-12-9(6)13-7/h1-2,4H,(H,12,13,14).